The van der Waals surface area contributed by atoms with Gasteiger partial charge in [0.15, 0.2) is 0 Å². The Kier molecular flexibility index (Phi) is 5.51. The van der Waals surface area contributed by atoms with Crippen LogP contribution in [0.1, 0.15) is 33.9 Å². The first-order valence-electron chi connectivity index (χ1n) is 9.67. The van der Waals surface area contributed by atoms with Crippen LogP contribution < -0.4 is 0 Å². The fraction of sp³-hybridized carbons (Fsp3) is 0.455. The lowest BCUT2D eigenvalue weighted by atomic mass is 9.88. The number of benzene rings is 2. The molecular formula is C22H27NO5. The summed E-state index contributed by atoms with van der Waals surface area (Å²) < 4.78 is 5.75. The molecule has 2 aromatic rings. The number of rotatable bonds is 4. The van der Waals surface area contributed by atoms with Gasteiger partial charge in [-0.3, -0.25) is 4.90 Å². The average molecular weight is 385 g/mol. The smallest absolute Gasteiger partial charge is 0.113 e. The van der Waals surface area contributed by atoms with Crippen LogP contribution in [0.3, 0.4) is 0 Å². The molecule has 0 aliphatic carbocycles. The van der Waals surface area contributed by atoms with Crippen molar-refractivity contribution in [1.29, 1.82) is 0 Å². The van der Waals surface area contributed by atoms with Crippen LogP contribution in [0.2, 0.25) is 0 Å². The molecule has 6 nitrogen and oxygen atoms in total. The molecule has 2 aliphatic rings. The monoisotopic (exact) mass is 385 g/mol. The van der Waals surface area contributed by atoms with Gasteiger partial charge in [-0.2, -0.15) is 0 Å². The number of nitrogens with zero attached hydrogens (tertiary/aromatic N) is 1. The SMILES string of the molecule is Cc1ccc(CN2Cc3ccccc3C2)cc1C1OC(CO)C(O)C(O)C1O. The van der Waals surface area contributed by atoms with Crippen molar-refractivity contribution in [2.75, 3.05) is 6.61 Å². The molecule has 5 unspecified atom stereocenters. The highest BCUT2D eigenvalue weighted by atomic mass is 16.5. The molecule has 0 bridgehead atoms. The van der Waals surface area contributed by atoms with E-state index in [0.29, 0.717) is 0 Å². The van der Waals surface area contributed by atoms with Crippen LogP contribution in [0.4, 0.5) is 0 Å². The molecule has 1 saturated heterocycles. The third kappa shape index (κ3) is 3.59. The van der Waals surface area contributed by atoms with Gasteiger partial charge >= 0.3 is 0 Å². The number of fused-ring (bicyclic) bond motifs is 1. The molecule has 0 amide bonds. The van der Waals surface area contributed by atoms with Crippen LogP contribution in [0.5, 0.6) is 0 Å². The average Bonchev–Trinajstić information content (AvgIpc) is 3.10. The second kappa shape index (κ2) is 7.91. The van der Waals surface area contributed by atoms with Crippen molar-refractivity contribution in [2.45, 2.75) is 57.1 Å². The summed E-state index contributed by atoms with van der Waals surface area (Å²) in [7, 11) is 0. The van der Waals surface area contributed by atoms with E-state index in [4.69, 9.17) is 4.74 Å². The molecule has 2 heterocycles. The van der Waals surface area contributed by atoms with E-state index < -0.39 is 37.1 Å². The molecule has 5 atom stereocenters. The first-order chi connectivity index (χ1) is 13.5. The summed E-state index contributed by atoms with van der Waals surface area (Å²) in [5.74, 6) is 0. The number of aryl methyl sites for hydroxylation is 1. The van der Waals surface area contributed by atoms with E-state index >= 15 is 0 Å². The van der Waals surface area contributed by atoms with Crippen LogP contribution >= 0.6 is 0 Å². The van der Waals surface area contributed by atoms with Gasteiger partial charge in [0.25, 0.3) is 0 Å². The molecule has 6 heteroatoms. The molecule has 0 saturated carbocycles. The van der Waals surface area contributed by atoms with Gasteiger partial charge in [0.2, 0.25) is 0 Å². The minimum Gasteiger partial charge on any atom is -0.394 e. The first-order valence-corrected chi connectivity index (χ1v) is 9.67. The summed E-state index contributed by atoms with van der Waals surface area (Å²) in [6, 6.07) is 14.5. The van der Waals surface area contributed by atoms with Gasteiger partial charge in [0.1, 0.15) is 30.5 Å². The van der Waals surface area contributed by atoms with Crippen LogP contribution in [0.15, 0.2) is 42.5 Å². The Bertz CT molecular complexity index is 814. The van der Waals surface area contributed by atoms with Crippen molar-refractivity contribution in [3.05, 3.63) is 70.3 Å². The van der Waals surface area contributed by atoms with Gasteiger partial charge in [-0.1, -0.05) is 42.5 Å². The summed E-state index contributed by atoms with van der Waals surface area (Å²) in [6.45, 7) is 4.07. The van der Waals surface area contributed by atoms with Gasteiger partial charge in [-0.25, -0.2) is 0 Å². The van der Waals surface area contributed by atoms with E-state index in [9.17, 15) is 20.4 Å². The second-order valence-electron chi connectivity index (χ2n) is 7.85. The number of aliphatic hydroxyl groups excluding tert-OH is 4. The minimum atomic E-state index is -1.37. The fourth-order valence-corrected chi connectivity index (χ4v) is 4.23. The molecule has 0 aromatic heterocycles. The highest BCUT2D eigenvalue weighted by Crippen LogP contribution is 2.35. The second-order valence-corrected chi connectivity index (χ2v) is 7.85. The zero-order valence-corrected chi connectivity index (χ0v) is 15.9. The summed E-state index contributed by atoms with van der Waals surface area (Å²) in [5.41, 5.74) is 5.49. The Hall–Kier alpha value is -1.80. The topological polar surface area (TPSA) is 93.4 Å². The lowest BCUT2D eigenvalue weighted by Crippen LogP contribution is -2.55. The maximum Gasteiger partial charge on any atom is 0.113 e. The van der Waals surface area contributed by atoms with Gasteiger partial charge in [-0.05, 0) is 34.7 Å². The quantitative estimate of drug-likeness (QED) is 0.628. The van der Waals surface area contributed by atoms with Crippen molar-refractivity contribution in [1.82, 2.24) is 4.90 Å². The predicted octanol–water partition coefficient (Wildman–Crippen LogP) is 1.03. The van der Waals surface area contributed by atoms with Crippen LogP contribution in [0.25, 0.3) is 0 Å². The van der Waals surface area contributed by atoms with E-state index in [1.54, 1.807) is 0 Å². The van der Waals surface area contributed by atoms with E-state index in [1.165, 1.54) is 11.1 Å². The van der Waals surface area contributed by atoms with E-state index in [0.717, 1.165) is 36.3 Å². The van der Waals surface area contributed by atoms with Gasteiger partial charge in [-0.15, -0.1) is 0 Å². The van der Waals surface area contributed by atoms with Crippen LogP contribution in [-0.2, 0) is 24.4 Å². The number of aliphatic hydroxyl groups is 4. The summed E-state index contributed by atoms with van der Waals surface area (Å²) in [5, 5.41) is 40.1. The fourth-order valence-electron chi connectivity index (χ4n) is 4.23. The molecule has 1 fully saturated rings. The Balaban J connectivity index is 1.54. The van der Waals surface area contributed by atoms with Crippen molar-refractivity contribution in [2.24, 2.45) is 0 Å². The standard InChI is InChI=1S/C22H27NO5/c1-13-6-7-14(9-23-10-15-4-2-3-5-16(15)11-23)8-17(13)22-21(27)20(26)19(25)18(12-24)28-22/h2-8,18-22,24-27H,9-12H2,1H3. The summed E-state index contributed by atoms with van der Waals surface area (Å²) in [4.78, 5) is 2.35. The Labute approximate surface area is 164 Å². The molecule has 28 heavy (non-hydrogen) atoms. The molecule has 4 rings (SSSR count). The zero-order chi connectivity index (χ0) is 19.8. The third-order valence-corrected chi connectivity index (χ3v) is 5.85. The zero-order valence-electron chi connectivity index (χ0n) is 15.9. The van der Waals surface area contributed by atoms with Crippen molar-refractivity contribution in [3.63, 3.8) is 0 Å². The molecule has 0 spiro atoms. The molecule has 150 valence electrons. The van der Waals surface area contributed by atoms with Crippen molar-refractivity contribution in [3.8, 4) is 0 Å². The maximum absolute atomic E-state index is 10.5. The van der Waals surface area contributed by atoms with Gasteiger partial charge < -0.3 is 25.2 Å². The van der Waals surface area contributed by atoms with Crippen molar-refractivity contribution >= 4 is 0 Å². The molecule has 2 aromatic carbocycles. The van der Waals surface area contributed by atoms with E-state index in [1.807, 2.05) is 19.1 Å². The Morgan fingerprint density at radius 3 is 2.29 bits per heavy atom. The molecular weight excluding hydrogens is 358 g/mol. The molecule has 4 N–H and O–H groups in total. The first kappa shape index (κ1) is 19.5. The van der Waals surface area contributed by atoms with Crippen molar-refractivity contribution < 1.29 is 25.2 Å². The van der Waals surface area contributed by atoms with Crippen LogP contribution in [0, 0.1) is 6.92 Å². The van der Waals surface area contributed by atoms with E-state index in [2.05, 4.69) is 35.2 Å². The lowest BCUT2D eigenvalue weighted by Gasteiger charge is -2.40. The predicted molar refractivity (Wildman–Crippen MR) is 103 cm³/mol. The summed E-state index contributed by atoms with van der Waals surface area (Å²) in [6.07, 6.45) is -5.68. The number of ether oxygens (including phenoxy) is 1. The number of hydrogen-bond acceptors (Lipinski definition) is 6. The van der Waals surface area contributed by atoms with Gasteiger partial charge in [0, 0.05) is 19.6 Å². The number of hydrogen-bond donors (Lipinski definition) is 4. The molecule has 2 aliphatic heterocycles. The highest BCUT2D eigenvalue weighted by molar-refractivity contribution is 5.35. The molecule has 0 radical (unpaired) electrons. The highest BCUT2D eigenvalue weighted by Gasteiger charge is 2.44. The maximum atomic E-state index is 10.5. The van der Waals surface area contributed by atoms with Gasteiger partial charge in [0.05, 0.1) is 6.61 Å². The lowest BCUT2D eigenvalue weighted by molar-refractivity contribution is -0.231. The Morgan fingerprint density at radius 1 is 0.964 bits per heavy atom. The summed E-state index contributed by atoms with van der Waals surface area (Å²) >= 11 is 0. The normalized spacial score (nSPS) is 30.4. The minimum absolute atomic E-state index is 0.424. The third-order valence-electron chi connectivity index (χ3n) is 5.85. The van der Waals surface area contributed by atoms with E-state index in [-0.39, 0.29) is 0 Å². The van der Waals surface area contributed by atoms with Crippen LogP contribution in [-0.4, -0.2) is 56.3 Å². The Morgan fingerprint density at radius 2 is 1.64 bits per heavy atom. The largest absolute Gasteiger partial charge is 0.394 e.